The largest absolute Gasteiger partial charge is 0.489 e. The maximum Gasteiger partial charge on any atom is 0.410 e. The molecule has 4 bridgehead atoms. The molecule has 5 amide bonds. The van der Waals surface area contributed by atoms with Gasteiger partial charge in [0.25, 0.3) is 5.91 Å². The number of fused-ring (bicyclic) bond motifs is 3. The van der Waals surface area contributed by atoms with Crippen molar-refractivity contribution in [2.24, 2.45) is 16.7 Å². The number of rotatable bonds is 6. The van der Waals surface area contributed by atoms with Crippen LogP contribution >= 0.6 is 0 Å². The number of hydrogen-bond donors (Lipinski definition) is 3. The lowest BCUT2D eigenvalue weighted by atomic mass is 9.85. The van der Waals surface area contributed by atoms with Crippen LogP contribution in [0.3, 0.4) is 0 Å². The lowest BCUT2D eigenvalue weighted by Crippen LogP contribution is -2.60. The summed E-state index contributed by atoms with van der Waals surface area (Å²) in [6, 6.07) is 3.29. The van der Waals surface area contributed by atoms with Gasteiger partial charge in [-0.1, -0.05) is 51.1 Å². The van der Waals surface area contributed by atoms with Gasteiger partial charge in [-0.15, -0.1) is 6.58 Å². The van der Waals surface area contributed by atoms with Crippen molar-refractivity contribution >= 4 is 39.9 Å². The molecule has 0 radical (unpaired) electrons. The van der Waals surface area contributed by atoms with Crippen LogP contribution in [-0.4, -0.2) is 96.9 Å². The molecule has 5 atom stereocenters. The van der Waals surface area contributed by atoms with Gasteiger partial charge in [-0.2, -0.15) is 0 Å². The molecule has 1 spiro atoms. The van der Waals surface area contributed by atoms with Crippen molar-refractivity contribution < 1.29 is 46.6 Å². The lowest BCUT2D eigenvalue weighted by molar-refractivity contribution is -0.143. The molecule has 16 heteroatoms. The van der Waals surface area contributed by atoms with E-state index >= 15 is 0 Å². The van der Waals surface area contributed by atoms with Gasteiger partial charge in [0.15, 0.2) is 0 Å². The number of allylic oxidation sites excluding steroid dienone is 1. The summed E-state index contributed by atoms with van der Waals surface area (Å²) in [4.78, 5) is 72.0. The normalized spacial score (nSPS) is 30.1. The molecule has 0 unspecified atom stereocenters. The standard InChI is InChI=1S/C39H51N5O10S/c1-5-25-19-39(25,34(47)42-55(50,51)27-12-13-27)41-32(45)29-18-26-21-44(29)33(46)31(37(2,3)4)40-35(48)53-23-38(15-16-38)14-7-6-8-17-52-30-11-9-10-24-20-43(22-28(24)30)36(49)54-26/h5-6,8-11,25-27,29,31H,1,7,12-23H2,2-4H3,(H,40,48)(H,41,45)(H,42,47)/b8-6+/t25-,26+,29-,31+,39-/m0/s1. The van der Waals surface area contributed by atoms with Crippen LogP contribution in [0.4, 0.5) is 9.59 Å². The number of cyclic esters (lactones) is 1. The SMILES string of the molecule is C=C[C@H]1C[C@@]1(NC(=O)[C@@H]1C[C@@H]2CN1C(=O)[C@H](C(C)(C)C)NC(=O)OCC1(CC/C=C/COc3cccc4c3CN(C4)C(=O)O2)CC1)C(=O)NS(=O)(=O)C1CC1. The number of benzene rings is 1. The molecule has 3 aliphatic carbocycles. The molecule has 6 aliphatic rings. The Bertz CT molecular complexity index is 1900. The van der Waals surface area contributed by atoms with E-state index < -0.39 is 80.2 Å². The first-order chi connectivity index (χ1) is 26.0. The summed E-state index contributed by atoms with van der Waals surface area (Å²) in [6.45, 7) is 9.99. The quantitative estimate of drug-likeness (QED) is 0.361. The summed E-state index contributed by atoms with van der Waals surface area (Å²) < 4.78 is 45.3. The van der Waals surface area contributed by atoms with Gasteiger partial charge in [-0.3, -0.25) is 24.0 Å². The van der Waals surface area contributed by atoms with Gasteiger partial charge >= 0.3 is 12.2 Å². The number of ether oxygens (including phenoxy) is 3. The monoisotopic (exact) mass is 781 g/mol. The zero-order valence-corrected chi connectivity index (χ0v) is 32.5. The molecule has 1 saturated heterocycles. The highest BCUT2D eigenvalue weighted by molar-refractivity contribution is 7.91. The van der Waals surface area contributed by atoms with E-state index in [1.807, 2.05) is 24.3 Å². The topological polar surface area (TPSA) is 190 Å². The Hall–Kier alpha value is -4.60. The maximum atomic E-state index is 14.5. The summed E-state index contributed by atoms with van der Waals surface area (Å²) in [6.07, 6.45) is 7.49. The van der Waals surface area contributed by atoms with E-state index in [1.54, 1.807) is 20.8 Å². The summed E-state index contributed by atoms with van der Waals surface area (Å²) in [5.41, 5.74) is -0.767. The summed E-state index contributed by atoms with van der Waals surface area (Å²) in [7, 11) is -3.92. The van der Waals surface area contributed by atoms with Gasteiger partial charge in [0.1, 0.15) is 36.1 Å². The molecule has 3 heterocycles. The predicted octanol–water partition coefficient (Wildman–Crippen LogP) is 3.43. The Labute approximate surface area is 321 Å². The lowest BCUT2D eigenvalue weighted by Gasteiger charge is -2.35. The molecule has 3 aliphatic heterocycles. The number of nitrogens with one attached hydrogen (secondary N) is 3. The minimum absolute atomic E-state index is 0.106. The zero-order valence-electron chi connectivity index (χ0n) is 31.6. The van der Waals surface area contributed by atoms with Crippen LogP contribution in [0.25, 0.3) is 0 Å². The van der Waals surface area contributed by atoms with Crippen molar-refractivity contribution in [2.45, 2.75) is 114 Å². The number of sulfonamides is 1. The van der Waals surface area contributed by atoms with Crippen LogP contribution in [0.2, 0.25) is 0 Å². The summed E-state index contributed by atoms with van der Waals surface area (Å²) in [5, 5.41) is 4.84. The van der Waals surface area contributed by atoms with Crippen LogP contribution in [0, 0.1) is 16.7 Å². The number of alkyl carbamates (subject to hydrolysis) is 1. The number of nitrogens with zero attached hydrogens (tertiary/aromatic N) is 2. The average Bonchev–Trinajstić information content (AvgIpc) is 4.08. The molecule has 7 rings (SSSR count). The third kappa shape index (κ3) is 8.19. The minimum atomic E-state index is -3.92. The molecule has 4 fully saturated rings. The van der Waals surface area contributed by atoms with Crippen LogP contribution in [0.1, 0.15) is 83.3 Å². The smallest absolute Gasteiger partial charge is 0.410 e. The molecule has 55 heavy (non-hydrogen) atoms. The molecule has 3 saturated carbocycles. The Kier molecular flexibility index (Phi) is 10.2. The van der Waals surface area contributed by atoms with E-state index in [-0.39, 0.29) is 44.5 Å². The van der Waals surface area contributed by atoms with Gasteiger partial charge in [0.2, 0.25) is 21.8 Å². The first-order valence-corrected chi connectivity index (χ1v) is 20.7. The Morgan fingerprint density at radius 2 is 1.82 bits per heavy atom. The number of hydrogen-bond acceptors (Lipinski definition) is 10. The minimum Gasteiger partial charge on any atom is -0.489 e. The Morgan fingerprint density at radius 3 is 2.49 bits per heavy atom. The van der Waals surface area contributed by atoms with E-state index in [0.717, 1.165) is 36.8 Å². The van der Waals surface area contributed by atoms with Crippen molar-refractivity contribution in [3.8, 4) is 5.75 Å². The predicted molar refractivity (Wildman–Crippen MR) is 199 cm³/mol. The fourth-order valence-corrected chi connectivity index (χ4v) is 9.18. The molecule has 298 valence electrons. The van der Waals surface area contributed by atoms with Gasteiger partial charge < -0.3 is 29.7 Å². The van der Waals surface area contributed by atoms with Crippen LogP contribution < -0.4 is 20.1 Å². The first kappa shape index (κ1) is 38.7. The highest BCUT2D eigenvalue weighted by atomic mass is 32.2. The molecule has 3 N–H and O–H groups in total. The van der Waals surface area contributed by atoms with Gasteiger partial charge in [0, 0.05) is 29.9 Å². The highest BCUT2D eigenvalue weighted by Crippen LogP contribution is 2.50. The average molecular weight is 782 g/mol. The fourth-order valence-electron chi connectivity index (χ4n) is 7.82. The third-order valence-electron chi connectivity index (χ3n) is 11.7. The molecule has 15 nitrogen and oxygen atoms in total. The van der Waals surface area contributed by atoms with Crippen molar-refractivity contribution in [1.29, 1.82) is 0 Å². The van der Waals surface area contributed by atoms with E-state index in [0.29, 0.717) is 25.2 Å². The zero-order chi connectivity index (χ0) is 39.3. The van der Waals surface area contributed by atoms with E-state index in [1.165, 1.54) is 15.9 Å². The highest BCUT2D eigenvalue weighted by Gasteiger charge is 2.62. The number of carbonyl (C=O) groups is 5. The summed E-state index contributed by atoms with van der Waals surface area (Å²) >= 11 is 0. The number of carbonyl (C=O) groups excluding carboxylic acids is 5. The maximum absolute atomic E-state index is 14.5. The van der Waals surface area contributed by atoms with E-state index in [9.17, 15) is 32.4 Å². The van der Waals surface area contributed by atoms with E-state index in [4.69, 9.17) is 14.2 Å². The summed E-state index contributed by atoms with van der Waals surface area (Å²) in [5.74, 6) is -2.08. The Morgan fingerprint density at radius 1 is 1.05 bits per heavy atom. The van der Waals surface area contributed by atoms with Crippen LogP contribution in [0.5, 0.6) is 5.75 Å². The van der Waals surface area contributed by atoms with Crippen molar-refractivity contribution in [3.63, 3.8) is 0 Å². The van der Waals surface area contributed by atoms with Crippen molar-refractivity contribution in [2.75, 3.05) is 19.8 Å². The van der Waals surface area contributed by atoms with Crippen LogP contribution in [0.15, 0.2) is 43.0 Å². The van der Waals surface area contributed by atoms with Crippen molar-refractivity contribution in [1.82, 2.24) is 25.2 Å². The van der Waals surface area contributed by atoms with Crippen molar-refractivity contribution in [3.05, 3.63) is 54.1 Å². The fraction of sp³-hybridized carbons (Fsp3) is 0.615. The molecular formula is C39H51N5O10S. The van der Waals surface area contributed by atoms with E-state index in [2.05, 4.69) is 28.0 Å². The van der Waals surface area contributed by atoms with Gasteiger partial charge in [-0.25, -0.2) is 18.0 Å². The van der Waals surface area contributed by atoms with Gasteiger partial charge in [-0.05, 0) is 62.0 Å². The Balaban J connectivity index is 1.15. The van der Waals surface area contributed by atoms with Gasteiger partial charge in [0.05, 0.1) is 24.9 Å². The van der Waals surface area contributed by atoms with Crippen LogP contribution in [-0.2, 0) is 47.0 Å². The molecule has 1 aromatic carbocycles. The second-order valence-electron chi connectivity index (χ2n) is 17.0. The first-order valence-electron chi connectivity index (χ1n) is 19.1. The second kappa shape index (κ2) is 14.5. The number of amides is 5. The molecule has 0 aromatic heterocycles. The third-order valence-corrected chi connectivity index (χ3v) is 13.6. The molecular weight excluding hydrogens is 731 g/mol. The molecule has 1 aromatic rings. The second-order valence-corrected chi connectivity index (χ2v) is 19.0.